The van der Waals surface area contributed by atoms with E-state index in [1.807, 2.05) is 0 Å². The number of aryl methyl sites for hydroxylation is 1. The number of aromatic nitrogens is 1. The van der Waals surface area contributed by atoms with Crippen LogP contribution >= 0.6 is 0 Å². The fourth-order valence-electron chi connectivity index (χ4n) is 2.44. The van der Waals surface area contributed by atoms with Gasteiger partial charge in [0.05, 0.1) is 30.6 Å². The lowest BCUT2D eigenvalue weighted by atomic mass is 9.98. The minimum atomic E-state index is -3.91. The van der Waals surface area contributed by atoms with Gasteiger partial charge in [0.25, 0.3) is 0 Å². The van der Waals surface area contributed by atoms with E-state index in [2.05, 4.69) is 4.74 Å². The number of esters is 1. The van der Waals surface area contributed by atoms with Crippen molar-refractivity contribution in [2.75, 3.05) is 20.2 Å². The molecule has 1 aromatic carbocycles. The third-order valence-corrected chi connectivity index (χ3v) is 5.63. The van der Waals surface area contributed by atoms with Crippen molar-refractivity contribution in [2.24, 2.45) is 7.05 Å². The molecule has 10 heteroatoms. The minimum absolute atomic E-state index is 0.0617. The number of hydrogen-bond donors (Lipinski definition) is 1. The van der Waals surface area contributed by atoms with Crippen molar-refractivity contribution in [1.29, 1.82) is 0 Å². The van der Waals surface area contributed by atoms with Crippen molar-refractivity contribution in [3.63, 3.8) is 0 Å². The van der Waals surface area contributed by atoms with Gasteiger partial charge in [0.1, 0.15) is 0 Å². The average Bonchev–Trinajstić information content (AvgIpc) is 2.77. The molecule has 2 aromatic rings. The first-order valence-electron chi connectivity index (χ1n) is 6.59. The van der Waals surface area contributed by atoms with Crippen LogP contribution in [0.1, 0.15) is 0 Å². The van der Waals surface area contributed by atoms with Gasteiger partial charge in [-0.3, -0.25) is 4.57 Å². The van der Waals surface area contributed by atoms with Gasteiger partial charge < -0.3 is 14.3 Å². The van der Waals surface area contributed by atoms with Gasteiger partial charge in [-0.2, -0.15) is 4.31 Å². The highest BCUT2D eigenvalue weighted by Crippen LogP contribution is 2.30. The molecule has 2 heterocycles. The minimum Gasteiger partial charge on any atom is -0.467 e. The first kappa shape index (κ1) is 15.7. The average molecular weight is 342 g/mol. The molecule has 0 aliphatic carbocycles. The normalized spacial score (nSPS) is 17.9. The molecular formula is C13H14N2O7S. The Bertz CT molecular complexity index is 950. The number of benzene rings is 1. The predicted octanol–water partition coefficient (Wildman–Crippen LogP) is -0.960. The fourth-order valence-corrected chi connectivity index (χ4v) is 4.01. The highest BCUT2D eigenvalue weighted by atomic mass is 32.2. The molecule has 23 heavy (non-hydrogen) atoms. The van der Waals surface area contributed by atoms with Crippen LogP contribution in [0.5, 0.6) is 0 Å². The number of ether oxygens (including phenoxy) is 1. The second-order valence-electron chi connectivity index (χ2n) is 5.35. The quantitative estimate of drug-likeness (QED) is 0.714. The van der Waals surface area contributed by atoms with Crippen molar-refractivity contribution in [2.45, 2.75) is 10.5 Å². The van der Waals surface area contributed by atoms with E-state index in [4.69, 9.17) is 4.42 Å². The Balaban J connectivity index is 1.94. The molecule has 0 radical (unpaired) electrons. The number of hydrogen-bond acceptors (Lipinski definition) is 7. The smallest absolute Gasteiger partial charge is 0.419 e. The number of methoxy groups -OCH3 is 1. The third-order valence-electron chi connectivity index (χ3n) is 3.84. The van der Waals surface area contributed by atoms with Gasteiger partial charge in [-0.25, -0.2) is 18.0 Å². The number of fused-ring (bicyclic) bond motifs is 1. The highest BCUT2D eigenvalue weighted by Gasteiger charge is 2.53. The number of rotatable bonds is 3. The van der Waals surface area contributed by atoms with E-state index in [1.165, 1.54) is 29.8 Å². The molecule has 0 amide bonds. The summed E-state index contributed by atoms with van der Waals surface area (Å²) in [5.74, 6) is -1.48. The Morgan fingerprint density at radius 3 is 2.65 bits per heavy atom. The first-order valence-corrected chi connectivity index (χ1v) is 8.03. The highest BCUT2D eigenvalue weighted by molar-refractivity contribution is 7.89. The molecule has 1 aromatic heterocycles. The van der Waals surface area contributed by atoms with E-state index >= 15 is 0 Å². The summed E-state index contributed by atoms with van der Waals surface area (Å²) in [5.41, 5.74) is -1.22. The Kier molecular flexibility index (Phi) is 3.36. The summed E-state index contributed by atoms with van der Waals surface area (Å²) >= 11 is 0. The topological polar surface area (TPSA) is 119 Å². The molecule has 1 N–H and O–H groups in total. The van der Waals surface area contributed by atoms with Crippen molar-refractivity contribution in [3.05, 3.63) is 28.7 Å². The predicted molar refractivity (Wildman–Crippen MR) is 77.2 cm³/mol. The lowest BCUT2D eigenvalue weighted by Gasteiger charge is -2.42. The van der Waals surface area contributed by atoms with Gasteiger partial charge in [-0.1, -0.05) is 0 Å². The molecule has 1 aliphatic rings. The fraction of sp³-hybridized carbons (Fsp3) is 0.385. The van der Waals surface area contributed by atoms with E-state index < -0.39 is 27.3 Å². The maximum atomic E-state index is 12.5. The zero-order valence-electron chi connectivity index (χ0n) is 12.3. The van der Waals surface area contributed by atoms with Crippen LogP contribution in [0.3, 0.4) is 0 Å². The lowest BCUT2D eigenvalue weighted by Crippen LogP contribution is -2.67. The van der Waals surface area contributed by atoms with Crippen LogP contribution in [0, 0.1) is 0 Å². The maximum Gasteiger partial charge on any atom is 0.419 e. The summed E-state index contributed by atoms with van der Waals surface area (Å²) in [7, 11) is -1.33. The number of β-amino-alcohol motifs (C(OH)–C–C–N with tert-alkyl or cyclic N) is 1. The van der Waals surface area contributed by atoms with Crippen molar-refractivity contribution in [3.8, 4) is 0 Å². The summed E-state index contributed by atoms with van der Waals surface area (Å²) < 4.78 is 36.6. The van der Waals surface area contributed by atoms with Crippen LogP contribution < -0.4 is 5.76 Å². The molecule has 124 valence electrons. The Hall–Kier alpha value is -2.17. The summed E-state index contributed by atoms with van der Waals surface area (Å²) in [6, 6.07) is 4.00. The van der Waals surface area contributed by atoms with Crippen molar-refractivity contribution < 1.29 is 27.5 Å². The van der Waals surface area contributed by atoms with E-state index in [9.17, 15) is 23.1 Å². The van der Waals surface area contributed by atoms with Crippen molar-refractivity contribution >= 4 is 27.1 Å². The molecule has 0 unspecified atom stereocenters. The standard InChI is InChI=1S/C13H14N2O7S/c1-14-9-5-8(3-4-10(9)22-12(14)17)23(19,20)15-6-13(18,7-15)11(16)21-2/h3-5,18H,6-7H2,1-2H3. The van der Waals surface area contributed by atoms with E-state index in [1.54, 1.807) is 0 Å². The van der Waals surface area contributed by atoms with E-state index in [0.717, 1.165) is 11.4 Å². The van der Waals surface area contributed by atoms with Gasteiger partial charge >= 0.3 is 11.7 Å². The second-order valence-corrected chi connectivity index (χ2v) is 7.29. The van der Waals surface area contributed by atoms with E-state index in [-0.39, 0.29) is 23.6 Å². The summed E-state index contributed by atoms with van der Waals surface area (Å²) in [4.78, 5) is 22.8. The Morgan fingerprint density at radius 1 is 1.39 bits per heavy atom. The largest absolute Gasteiger partial charge is 0.467 e. The lowest BCUT2D eigenvalue weighted by molar-refractivity contribution is -0.174. The van der Waals surface area contributed by atoms with Crippen LogP contribution in [0.4, 0.5) is 0 Å². The SMILES string of the molecule is COC(=O)C1(O)CN(S(=O)(=O)c2ccc3oc(=O)n(C)c3c2)C1. The van der Waals surface area contributed by atoms with Crippen LogP contribution in [0.15, 0.2) is 32.3 Å². The summed E-state index contributed by atoms with van der Waals surface area (Å²) in [6.07, 6.45) is 0. The molecule has 0 spiro atoms. The van der Waals surface area contributed by atoms with Crippen LogP contribution in [0.25, 0.3) is 11.1 Å². The molecule has 0 atom stereocenters. The van der Waals surface area contributed by atoms with Crippen LogP contribution in [-0.4, -0.2) is 54.2 Å². The molecular weight excluding hydrogens is 328 g/mol. The summed E-state index contributed by atoms with van der Waals surface area (Å²) in [6.45, 7) is -0.769. The molecule has 1 fully saturated rings. The monoisotopic (exact) mass is 342 g/mol. The maximum absolute atomic E-state index is 12.5. The number of oxazole rings is 1. The molecule has 1 aliphatic heterocycles. The van der Waals surface area contributed by atoms with Gasteiger partial charge in [0.15, 0.2) is 11.2 Å². The third kappa shape index (κ3) is 2.26. The van der Waals surface area contributed by atoms with Gasteiger partial charge in [-0.05, 0) is 18.2 Å². The Labute approximate surface area is 130 Å². The molecule has 0 bridgehead atoms. The van der Waals surface area contributed by atoms with Crippen LogP contribution in [0.2, 0.25) is 0 Å². The Morgan fingerprint density at radius 2 is 2.04 bits per heavy atom. The van der Waals surface area contributed by atoms with Gasteiger partial charge in [0, 0.05) is 7.05 Å². The number of carbonyl (C=O) groups is 1. The molecule has 1 saturated heterocycles. The molecule has 0 saturated carbocycles. The first-order chi connectivity index (χ1) is 10.7. The zero-order chi connectivity index (χ0) is 17.0. The van der Waals surface area contributed by atoms with Crippen LogP contribution in [-0.2, 0) is 26.6 Å². The summed E-state index contributed by atoms with van der Waals surface area (Å²) in [5, 5.41) is 9.94. The van der Waals surface area contributed by atoms with Crippen molar-refractivity contribution in [1.82, 2.24) is 8.87 Å². The van der Waals surface area contributed by atoms with Gasteiger partial charge in [-0.15, -0.1) is 0 Å². The van der Waals surface area contributed by atoms with Gasteiger partial charge in [0.2, 0.25) is 10.0 Å². The number of nitrogens with zero attached hydrogens (tertiary/aromatic N) is 2. The molecule has 3 rings (SSSR count). The number of carbonyl (C=O) groups excluding carboxylic acids is 1. The number of sulfonamides is 1. The second kappa shape index (κ2) is 4.91. The van der Waals surface area contributed by atoms with E-state index in [0.29, 0.717) is 5.52 Å². The zero-order valence-corrected chi connectivity index (χ0v) is 13.2. The number of aliphatic hydroxyl groups is 1. The molecule has 9 nitrogen and oxygen atoms in total.